The number of hydrogen-bond acceptors (Lipinski definition) is 5. The molecule has 0 unspecified atom stereocenters. The van der Waals surface area contributed by atoms with Crippen molar-refractivity contribution in [1.29, 1.82) is 0 Å². The highest BCUT2D eigenvalue weighted by molar-refractivity contribution is 6.04. The van der Waals surface area contributed by atoms with Gasteiger partial charge in [-0.1, -0.05) is 35.5 Å². The first kappa shape index (κ1) is 12.0. The molecule has 1 heterocycles. The van der Waals surface area contributed by atoms with Crippen LogP contribution in [0.4, 0.5) is 0 Å². The number of aliphatic hydroxyl groups is 2. The molecule has 2 N–H and O–H groups in total. The minimum absolute atomic E-state index is 0.314. The van der Waals surface area contributed by atoms with Crippen LogP contribution in [0.2, 0.25) is 0 Å². The maximum atomic E-state index is 9.95. The van der Waals surface area contributed by atoms with Gasteiger partial charge >= 0.3 is 0 Å². The molecule has 0 aromatic heterocycles. The van der Waals surface area contributed by atoms with Crippen LogP contribution in [0.3, 0.4) is 0 Å². The lowest BCUT2D eigenvalue weighted by molar-refractivity contribution is -0.215. The molecule has 92 valence electrons. The molecule has 0 saturated carbocycles. The molecule has 2 rings (SSSR count). The van der Waals surface area contributed by atoms with E-state index in [0.29, 0.717) is 17.9 Å². The van der Waals surface area contributed by atoms with Crippen LogP contribution < -0.4 is 0 Å². The Morgan fingerprint density at radius 1 is 1.29 bits per heavy atom. The molecule has 1 aliphatic heterocycles. The summed E-state index contributed by atoms with van der Waals surface area (Å²) < 4.78 is 5.11. The van der Waals surface area contributed by atoms with Gasteiger partial charge in [-0.2, -0.15) is 0 Å². The highest BCUT2D eigenvalue weighted by Gasteiger charge is 2.37. The van der Waals surface area contributed by atoms with E-state index in [0.717, 1.165) is 0 Å². The number of ether oxygens (including phenoxy) is 1. The Kier molecular flexibility index (Phi) is 3.73. The Labute approximate surface area is 99.3 Å². The molecule has 0 bridgehead atoms. The smallest absolute Gasteiger partial charge is 0.256 e. The Balaban J connectivity index is 2.21. The van der Waals surface area contributed by atoms with Gasteiger partial charge in [-0.3, -0.25) is 0 Å². The topological polar surface area (TPSA) is 71.3 Å². The molecule has 1 aromatic carbocycles. The second-order valence-corrected chi connectivity index (χ2v) is 3.71. The zero-order valence-corrected chi connectivity index (χ0v) is 9.48. The van der Waals surface area contributed by atoms with Crippen molar-refractivity contribution in [2.75, 3.05) is 6.61 Å². The van der Waals surface area contributed by atoms with Gasteiger partial charge in [0.05, 0.1) is 0 Å². The molecule has 3 atom stereocenters. The molecule has 1 aliphatic rings. The van der Waals surface area contributed by atoms with Crippen molar-refractivity contribution < 1.29 is 19.8 Å². The monoisotopic (exact) mass is 237 g/mol. The van der Waals surface area contributed by atoms with Gasteiger partial charge in [0.25, 0.3) is 6.29 Å². The lowest BCUT2D eigenvalue weighted by atomic mass is 10.0. The van der Waals surface area contributed by atoms with Crippen molar-refractivity contribution in [2.24, 2.45) is 5.16 Å². The number of nitrogens with zero attached hydrogens (tertiary/aromatic N) is 1. The summed E-state index contributed by atoms with van der Waals surface area (Å²) in [5.41, 5.74) is 1.03. The van der Waals surface area contributed by atoms with Crippen LogP contribution in [0.25, 0.3) is 0 Å². The first-order chi connectivity index (χ1) is 8.24. The van der Waals surface area contributed by atoms with E-state index in [1.165, 1.54) is 0 Å². The molecule has 5 heteroatoms. The number of hydrogen-bond donors (Lipinski definition) is 2. The van der Waals surface area contributed by atoms with Gasteiger partial charge in [-0.05, 0) is 6.92 Å². The van der Waals surface area contributed by atoms with E-state index >= 15 is 0 Å². The van der Waals surface area contributed by atoms with Crippen LogP contribution in [0.5, 0.6) is 0 Å². The van der Waals surface area contributed by atoms with Crippen LogP contribution >= 0.6 is 0 Å². The van der Waals surface area contributed by atoms with E-state index in [9.17, 15) is 10.2 Å². The van der Waals surface area contributed by atoms with Crippen LogP contribution in [-0.4, -0.2) is 41.0 Å². The second-order valence-electron chi connectivity index (χ2n) is 3.71. The van der Waals surface area contributed by atoms with E-state index in [-0.39, 0.29) is 0 Å². The molecule has 0 radical (unpaired) electrons. The zero-order chi connectivity index (χ0) is 12.3. The van der Waals surface area contributed by atoms with E-state index in [4.69, 9.17) is 9.57 Å². The lowest BCUT2D eigenvalue weighted by Gasteiger charge is -2.29. The van der Waals surface area contributed by atoms with E-state index in [2.05, 4.69) is 5.16 Å². The average Bonchev–Trinajstić information content (AvgIpc) is 2.36. The number of oxime groups is 1. The molecular formula is C12H15NO4. The maximum absolute atomic E-state index is 9.95. The largest absolute Gasteiger partial charge is 0.384 e. The van der Waals surface area contributed by atoms with E-state index in [1.807, 2.05) is 18.2 Å². The SMILES string of the molecule is CCO[C@H]1ON=C(c2ccccc2)[C@H](O)[C@@H]1O. The van der Waals surface area contributed by atoms with Crippen molar-refractivity contribution in [1.82, 2.24) is 0 Å². The maximum Gasteiger partial charge on any atom is 0.256 e. The van der Waals surface area contributed by atoms with Gasteiger partial charge in [0.1, 0.15) is 11.8 Å². The van der Waals surface area contributed by atoms with Crippen LogP contribution in [-0.2, 0) is 9.57 Å². The highest BCUT2D eigenvalue weighted by Crippen LogP contribution is 2.18. The molecular weight excluding hydrogens is 222 g/mol. The fourth-order valence-corrected chi connectivity index (χ4v) is 1.66. The quantitative estimate of drug-likeness (QED) is 0.803. The molecule has 5 nitrogen and oxygen atoms in total. The molecule has 0 saturated heterocycles. The number of benzene rings is 1. The standard InChI is InChI=1S/C12H15NO4/c1-2-16-12-11(15)10(14)9(13-17-12)8-6-4-3-5-7-8/h3-7,10-12,14-15H,2H2,1H3/t10-,11-,12-/m0/s1. The van der Waals surface area contributed by atoms with Gasteiger partial charge in [0, 0.05) is 12.2 Å². The van der Waals surface area contributed by atoms with Crippen molar-refractivity contribution in [3.63, 3.8) is 0 Å². The normalized spacial score (nSPS) is 28.4. The van der Waals surface area contributed by atoms with E-state index < -0.39 is 18.5 Å². The fraction of sp³-hybridized carbons (Fsp3) is 0.417. The van der Waals surface area contributed by atoms with Gasteiger partial charge in [0.2, 0.25) is 0 Å². The molecule has 0 spiro atoms. The third kappa shape index (κ3) is 2.46. The third-order valence-corrected chi connectivity index (χ3v) is 2.54. The Morgan fingerprint density at radius 2 is 2.00 bits per heavy atom. The molecule has 17 heavy (non-hydrogen) atoms. The van der Waals surface area contributed by atoms with Gasteiger partial charge in [-0.25, -0.2) is 0 Å². The highest BCUT2D eigenvalue weighted by atomic mass is 16.8. The van der Waals surface area contributed by atoms with Gasteiger partial charge in [-0.15, -0.1) is 0 Å². The average molecular weight is 237 g/mol. The Bertz CT molecular complexity index is 393. The lowest BCUT2D eigenvalue weighted by Crippen LogP contribution is -2.48. The van der Waals surface area contributed by atoms with Crippen LogP contribution in [0.1, 0.15) is 12.5 Å². The summed E-state index contributed by atoms with van der Waals surface area (Å²) in [7, 11) is 0. The Morgan fingerprint density at radius 3 is 2.65 bits per heavy atom. The zero-order valence-electron chi connectivity index (χ0n) is 9.48. The summed E-state index contributed by atoms with van der Waals surface area (Å²) in [5, 5.41) is 23.6. The number of aliphatic hydroxyl groups excluding tert-OH is 2. The minimum Gasteiger partial charge on any atom is -0.384 e. The van der Waals surface area contributed by atoms with Gasteiger partial charge in [0.15, 0.2) is 6.10 Å². The number of rotatable bonds is 3. The first-order valence-electron chi connectivity index (χ1n) is 5.51. The summed E-state index contributed by atoms with van der Waals surface area (Å²) in [6.07, 6.45) is -3.16. The predicted molar refractivity (Wildman–Crippen MR) is 61.5 cm³/mol. The summed E-state index contributed by atoms with van der Waals surface area (Å²) in [5.74, 6) is 0. The van der Waals surface area contributed by atoms with Crippen molar-refractivity contribution in [3.05, 3.63) is 35.9 Å². The van der Waals surface area contributed by atoms with Crippen molar-refractivity contribution in [3.8, 4) is 0 Å². The van der Waals surface area contributed by atoms with Gasteiger partial charge < -0.3 is 19.8 Å². The first-order valence-corrected chi connectivity index (χ1v) is 5.51. The third-order valence-electron chi connectivity index (χ3n) is 2.54. The molecule has 0 aliphatic carbocycles. The summed E-state index contributed by atoms with van der Waals surface area (Å²) in [6.45, 7) is 2.16. The van der Waals surface area contributed by atoms with E-state index in [1.54, 1.807) is 19.1 Å². The fourth-order valence-electron chi connectivity index (χ4n) is 1.66. The second kappa shape index (κ2) is 5.27. The predicted octanol–water partition coefficient (Wildman–Crippen LogP) is 0.505. The van der Waals surface area contributed by atoms with Crippen molar-refractivity contribution >= 4 is 5.71 Å². The summed E-state index contributed by atoms with van der Waals surface area (Å²) in [4.78, 5) is 5.02. The summed E-state index contributed by atoms with van der Waals surface area (Å²) >= 11 is 0. The minimum atomic E-state index is -1.14. The molecule has 0 amide bonds. The van der Waals surface area contributed by atoms with Crippen LogP contribution in [0.15, 0.2) is 35.5 Å². The van der Waals surface area contributed by atoms with Crippen molar-refractivity contribution in [2.45, 2.75) is 25.4 Å². The Hall–Kier alpha value is -1.43. The molecule has 1 aromatic rings. The molecule has 0 fully saturated rings. The van der Waals surface area contributed by atoms with Crippen LogP contribution in [0, 0.1) is 0 Å². The summed E-state index contributed by atoms with van der Waals surface area (Å²) in [6, 6.07) is 9.09.